The summed E-state index contributed by atoms with van der Waals surface area (Å²) >= 11 is 0. The Bertz CT molecular complexity index is 2680. The molecule has 8 aromatic rings. The summed E-state index contributed by atoms with van der Waals surface area (Å²) in [6, 6.07) is 37.3. The average Bonchev–Trinajstić information content (AvgIpc) is 3.78. The van der Waals surface area contributed by atoms with E-state index in [1.54, 1.807) is 0 Å². The van der Waals surface area contributed by atoms with Gasteiger partial charge in [-0.05, 0) is 82.3 Å². The van der Waals surface area contributed by atoms with Crippen LogP contribution >= 0.6 is 0 Å². The third-order valence-corrected chi connectivity index (χ3v) is 10.7. The number of hydrogen-bond acceptors (Lipinski definition) is 2. The van der Waals surface area contributed by atoms with Gasteiger partial charge in [-0.25, -0.2) is 0 Å². The molecule has 0 amide bonds. The lowest BCUT2D eigenvalue weighted by Gasteiger charge is -2.33. The Morgan fingerprint density at radius 2 is 1.46 bits per heavy atom. The summed E-state index contributed by atoms with van der Waals surface area (Å²) in [5.41, 5.74) is 11.1. The Balaban J connectivity index is 1.25. The molecule has 0 saturated carbocycles. The van der Waals surface area contributed by atoms with Crippen molar-refractivity contribution in [2.45, 2.75) is 31.8 Å². The van der Waals surface area contributed by atoms with E-state index in [4.69, 9.17) is 4.74 Å². The highest BCUT2D eigenvalue weighted by atomic mass is 16.5. The van der Waals surface area contributed by atoms with Gasteiger partial charge in [-0.1, -0.05) is 67.9 Å². The number of aromatic nitrogens is 5. The summed E-state index contributed by atoms with van der Waals surface area (Å²) in [6.45, 7) is 6.87. The zero-order valence-corrected chi connectivity index (χ0v) is 26.8. The first-order chi connectivity index (χ1) is 23.4. The molecule has 0 radical (unpaired) electrons. The van der Waals surface area contributed by atoms with Gasteiger partial charge in [0.25, 0.3) is 5.82 Å². The van der Waals surface area contributed by atoms with Crippen molar-refractivity contribution in [2.75, 3.05) is 0 Å². The predicted molar refractivity (Wildman–Crippen MR) is 186 cm³/mol. The molecule has 0 fully saturated rings. The van der Waals surface area contributed by atoms with Crippen molar-refractivity contribution < 1.29 is 14.0 Å². The molecule has 0 saturated heterocycles. The summed E-state index contributed by atoms with van der Waals surface area (Å²) in [5, 5.41) is 2.48. The van der Waals surface area contributed by atoms with Crippen molar-refractivity contribution in [3.8, 4) is 45.3 Å². The van der Waals surface area contributed by atoms with Gasteiger partial charge in [-0.2, -0.15) is 9.13 Å². The lowest BCUT2D eigenvalue weighted by atomic mass is 9.83. The lowest BCUT2D eigenvalue weighted by molar-refractivity contribution is -0.993. The molecule has 1 spiro atoms. The molecule has 11 rings (SSSR count). The van der Waals surface area contributed by atoms with Gasteiger partial charge in [0.05, 0.1) is 18.0 Å². The van der Waals surface area contributed by atoms with Crippen LogP contribution in [0.15, 0.2) is 134 Å². The molecule has 0 bridgehead atoms. The minimum atomic E-state index is -0.704. The Labute approximate surface area is 277 Å². The molecular weight excluding hydrogens is 590 g/mol. The molecule has 228 valence electrons. The predicted octanol–water partition coefficient (Wildman–Crippen LogP) is 8.21. The molecule has 0 aliphatic carbocycles. The largest absolute Gasteiger partial charge is 0.456 e. The second kappa shape index (κ2) is 8.66. The van der Waals surface area contributed by atoms with Crippen molar-refractivity contribution in [2.24, 2.45) is 0 Å². The zero-order chi connectivity index (χ0) is 31.9. The van der Waals surface area contributed by atoms with Crippen LogP contribution in [0.4, 0.5) is 0 Å². The van der Waals surface area contributed by atoms with Gasteiger partial charge in [-0.3, -0.25) is 4.98 Å². The first-order valence-electron chi connectivity index (χ1n) is 16.5. The maximum Gasteiger partial charge on any atom is 0.397 e. The van der Waals surface area contributed by atoms with E-state index in [0.29, 0.717) is 0 Å². The number of rotatable bonds is 2. The molecule has 1 unspecified atom stereocenters. The highest BCUT2D eigenvalue weighted by Gasteiger charge is 2.68. The standard InChI is InChI=1S/C42H31N5O/c1-41(2,3)30-19-22-44-37(23-30)47-33-8-5-4-7-31(33)32-15-16-36-39(40(32)47)42(44)38-34(9-6-10-35(38)48-36)45-24-29(25-46(42)45)27-13-11-26(12-14-27)28-17-20-43-21-18-28/h4-25H,1-3H3/q+2. The maximum atomic E-state index is 6.83. The molecule has 6 nitrogen and oxygen atoms in total. The summed E-state index contributed by atoms with van der Waals surface area (Å²) in [5.74, 6) is 2.92. The molecule has 6 heteroatoms. The molecule has 4 aromatic heterocycles. The van der Waals surface area contributed by atoms with Crippen LogP contribution in [0.3, 0.4) is 0 Å². The highest BCUT2D eigenvalue weighted by Crippen LogP contribution is 2.55. The fraction of sp³-hybridized carbons (Fsp3) is 0.119. The number of hydrogen-bond donors (Lipinski definition) is 0. The van der Waals surface area contributed by atoms with Crippen molar-refractivity contribution in [3.05, 3.63) is 151 Å². The van der Waals surface area contributed by atoms with Crippen molar-refractivity contribution >= 4 is 21.8 Å². The van der Waals surface area contributed by atoms with Gasteiger partial charge < -0.3 is 4.74 Å². The van der Waals surface area contributed by atoms with Crippen LogP contribution in [0.1, 0.15) is 37.5 Å². The zero-order valence-electron chi connectivity index (χ0n) is 26.8. The van der Waals surface area contributed by atoms with Crippen molar-refractivity contribution in [1.82, 2.24) is 14.2 Å². The Kier molecular flexibility index (Phi) is 4.71. The van der Waals surface area contributed by atoms with E-state index in [1.807, 2.05) is 12.4 Å². The van der Waals surface area contributed by atoms with Crippen LogP contribution < -0.4 is 14.0 Å². The highest BCUT2D eigenvalue weighted by molar-refractivity contribution is 6.11. The van der Waals surface area contributed by atoms with E-state index in [-0.39, 0.29) is 5.41 Å². The Hall–Kier alpha value is -6.01. The number of fused-ring (bicyclic) bond motifs is 7. The molecule has 48 heavy (non-hydrogen) atoms. The van der Waals surface area contributed by atoms with Crippen molar-refractivity contribution in [3.63, 3.8) is 0 Å². The first-order valence-corrected chi connectivity index (χ1v) is 16.5. The van der Waals surface area contributed by atoms with Gasteiger partial charge in [0, 0.05) is 29.2 Å². The summed E-state index contributed by atoms with van der Waals surface area (Å²) < 4.78 is 16.6. The quantitative estimate of drug-likeness (QED) is 0.183. The van der Waals surface area contributed by atoms with Crippen LogP contribution in [-0.2, 0) is 11.1 Å². The number of benzene rings is 4. The minimum Gasteiger partial charge on any atom is -0.456 e. The second-order valence-corrected chi connectivity index (χ2v) is 14.2. The average molecular weight is 622 g/mol. The minimum absolute atomic E-state index is 0.0190. The van der Waals surface area contributed by atoms with E-state index >= 15 is 0 Å². The van der Waals surface area contributed by atoms with E-state index in [0.717, 1.165) is 39.7 Å². The van der Waals surface area contributed by atoms with Crippen LogP contribution in [-0.4, -0.2) is 14.2 Å². The van der Waals surface area contributed by atoms with Gasteiger partial charge in [0.2, 0.25) is 6.20 Å². The summed E-state index contributed by atoms with van der Waals surface area (Å²) in [4.78, 5) is 4.19. The monoisotopic (exact) mass is 621 g/mol. The first kappa shape index (κ1) is 26.1. The SMILES string of the molecule is CC(C)(C)c1cc[n+]2c(c1)-n1c3ccccc3c3ccc4c(c31)C21c2c(cccc2-n2cc(-c3ccc(-c5ccncc5)cc3)c[n+]21)O4. The van der Waals surface area contributed by atoms with Gasteiger partial charge in [0.15, 0.2) is 11.1 Å². The third-order valence-electron chi connectivity index (χ3n) is 10.7. The smallest absolute Gasteiger partial charge is 0.397 e. The van der Waals surface area contributed by atoms with Gasteiger partial charge >= 0.3 is 5.66 Å². The van der Waals surface area contributed by atoms with Crippen LogP contribution in [0.2, 0.25) is 0 Å². The second-order valence-electron chi connectivity index (χ2n) is 14.2. The van der Waals surface area contributed by atoms with Crippen molar-refractivity contribution in [1.29, 1.82) is 0 Å². The maximum absolute atomic E-state index is 6.83. The number of para-hydroxylation sites is 1. The topological polar surface area (TPSA) is 39.7 Å². The Morgan fingerprint density at radius 3 is 2.27 bits per heavy atom. The molecular formula is C42H31N5O+2. The lowest BCUT2D eigenvalue weighted by Crippen LogP contribution is -2.76. The summed E-state index contributed by atoms with van der Waals surface area (Å²) in [7, 11) is 0. The Morgan fingerprint density at radius 1 is 0.708 bits per heavy atom. The fourth-order valence-corrected chi connectivity index (χ4v) is 8.47. The fourth-order valence-electron chi connectivity index (χ4n) is 8.47. The third kappa shape index (κ3) is 3.06. The van der Waals surface area contributed by atoms with Crippen LogP contribution in [0.5, 0.6) is 11.5 Å². The molecule has 0 N–H and O–H groups in total. The van der Waals surface area contributed by atoms with E-state index in [1.165, 1.54) is 44.1 Å². The van der Waals surface area contributed by atoms with Gasteiger partial charge in [0.1, 0.15) is 28.3 Å². The summed E-state index contributed by atoms with van der Waals surface area (Å²) in [6.07, 6.45) is 10.6. The van der Waals surface area contributed by atoms with Gasteiger partial charge in [-0.15, -0.1) is 4.68 Å². The van der Waals surface area contributed by atoms with Crippen LogP contribution in [0, 0.1) is 0 Å². The number of ether oxygens (including phenoxy) is 1. The molecule has 7 heterocycles. The van der Waals surface area contributed by atoms with E-state index in [2.05, 4.69) is 166 Å². The molecule has 3 aliphatic heterocycles. The number of pyridine rings is 2. The van der Waals surface area contributed by atoms with E-state index in [9.17, 15) is 0 Å². The molecule has 4 aromatic carbocycles. The molecule has 1 atom stereocenters. The van der Waals surface area contributed by atoms with Crippen LogP contribution in [0.25, 0.3) is 55.6 Å². The number of nitrogens with zero attached hydrogens (tertiary/aromatic N) is 5. The normalized spacial score (nSPS) is 16.5. The van der Waals surface area contributed by atoms with E-state index < -0.39 is 5.66 Å². The molecule has 3 aliphatic rings.